The second-order valence-corrected chi connectivity index (χ2v) is 6.62. The largest absolute Gasteiger partial charge is 0.497 e. The van der Waals surface area contributed by atoms with E-state index in [0.29, 0.717) is 12.4 Å². The predicted molar refractivity (Wildman–Crippen MR) is 67.3 cm³/mol. The Labute approximate surface area is 106 Å². The quantitative estimate of drug-likeness (QED) is 0.749. The Bertz CT molecular complexity index is 441. The van der Waals surface area contributed by atoms with E-state index in [1.807, 2.05) is 0 Å². The maximum absolute atomic E-state index is 10.8. The van der Waals surface area contributed by atoms with Crippen LogP contribution in [0.1, 0.15) is 6.92 Å². The van der Waals surface area contributed by atoms with Gasteiger partial charge in [-0.1, -0.05) is 6.92 Å². The van der Waals surface area contributed by atoms with Gasteiger partial charge in [-0.05, 0) is 24.3 Å². The molecular formula is C11H15ClO4S. The summed E-state index contributed by atoms with van der Waals surface area (Å²) in [6, 6.07) is 7.08. The van der Waals surface area contributed by atoms with Crippen LogP contribution < -0.4 is 9.47 Å². The topological polar surface area (TPSA) is 52.6 Å². The van der Waals surface area contributed by atoms with E-state index in [4.69, 9.17) is 20.2 Å². The maximum atomic E-state index is 10.8. The Hall–Kier alpha value is -0.940. The van der Waals surface area contributed by atoms with Crippen LogP contribution >= 0.6 is 10.7 Å². The molecule has 96 valence electrons. The first-order chi connectivity index (χ1) is 7.90. The Morgan fingerprint density at radius 2 is 1.76 bits per heavy atom. The molecule has 1 aromatic carbocycles. The molecule has 4 nitrogen and oxygen atoms in total. The molecule has 6 heteroatoms. The van der Waals surface area contributed by atoms with E-state index in [1.165, 1.54) is 0 Å². The molecule has 0 spiro atoms. The van der Waals surface area contributed by atoms with E-state index in [1.54, 1.807) is 38.3 Å². The van der Waals surface area contributed by atoms with E-state index >= 15 is 0 Å². The number of methoxy groups -OCH3 is 1. The van der Waals surface area contributed by atoms with Crippen LogP contribution in [-0.4, -0.2) is 27.9 Å². The van der Waals surface area contributed by atoms with E-state index in [9.17, 15) is 8.42 Å². The number of ether oxygens (including phenoxy) is 2. The van der Waals surface area contributed by atoms with Gasteiger partial charge in [0.25, 0.3) is 0 Å². The Kier molecular flexibility index (Phi) is 5.08. The first-order valence-corrected chi connectivity index (χ1v) is 7.58. The second-order valence-electron chi connectivity index (χ2n) is 3.80. The van der Waals surface area contributed by atoms with Gasteiger partial charge in [0.15, 0.2) is 0 Å². The number of rotatable bonds is 6. The monoisotopic (exact) mass is 278 g/mol. The molecular weight excluding hydrogens is 264 g/mol. The van der Waals surface area contributed by atoms with Crippen LogP contribution in [0.15, 0.2) is 24.3 Å². The van der Waals surface area contributed by atoms with Crippen LogP contribution in [0.5, 0.6) is 11.5 Å². The van der Waals surface area contributed by atoms with Gasteiger partial charge in [-0.2, -0.15) is 0 Å². The molecule has 0 radical (unpaired) electrons. The van der Waals surface area contributed by atoms with Crippen molar-refractivity contribution in [2.75, 3.05) is 19.5 Å². The van der Waals surface area contributed by atoms with Gasteiger partial charge in [-0.15, -0.1) is 0 Å². The van der Waals surface area contributed by atoms with Crippen molar-refractivity contribution in [3.05, 3.63) is 24.3 Å². The molecule has 1 unspecified atom stereocenters. The minimum absolute atomic E-state index is 0.0925. The van der Waals surface area contributed by atoms with Crippen LogP contribution in [0.4, 0.5) is 0 Å². The zero-order valence-electron chi connectivity index (χ0n) is 9.72. The molecule has 0 aliphatic rings. The summed E-state index contributed by atoms with van der Waals surface area (Å²) < 4.78 is 32.1. The molecule has 0 amide bonds. The molecule has 0 fully saturated rings. The van der Waals surface area contributed by atoms with Crippen LogP contribution in [0, 0.1) is 5.92 Å². The van der Waals surface area contributed by atoms with Crippen LogP contribution in [-0.2, 0) is 9.05 Å². The average molecular weight is 279 g/mol. The highest BCUT2D eigenvalue weighted by Gasteiger charge is 2.13. The van der Waals surface area contributed by atoms with Gasteiger partial charge in [0.05, 0.1) is 19.5 Å². The number of halogens is 1. The summed E-state index contributed by atoms with van der Waals surface area (Å²) in [6.07, 6.45) is 0. The van der Waals surface area contributed by atoms with Crippen molar-refractivity contribution < 1.29 is 17.9 Å². The van der Waals surface area contributed by atoms with Crippen molar-refractivity contribution in [2.24, 2.45) is 5.92 Å². The molecule has 0 aliphatic carbocycles. The predicted octanol–water partition coefficient (Wildman–Crippen LogP) is 2.28. The lowest BCUT2D eigenvalue weighted by atomic mass is 10.2. The third kappa shape index (κ3) is 5.79. The highest BCUT2D eigenvalue weighted by molar-refractivity contribution is 8.13. The van der Waals surface area contributed by atoms with Gasteiger partial charge in [0.1, 0.15) is 11.5 Å². The Morgan fingerprint density at radius 3 is 2.24 bits per heavy atom. The fourth-order valence-electron chi connectivity index (χ4n) is 1.30. The summed E-state index contributed by atoms with van der Waals surface area (Å²) in [7, 11) is 3.27. The first-order valence-electron chi connectivity index (χ1n) is 5.10. The zero-order chi connectivity index (χ0) is 12.9. The van der Waals surface area contributed by atoms with Crippen molar-refractivity contribution in [2.45, 2.75) is 6.92 Å². The second kappa shape index (κ2) is 6.12. The molecule has 0 aromatic heterocycles. The van der Waals surface area contributed by atoms with E-state index < -0.39 is 9.05 Å². The van der Waals surface area contributed by atoms with Crippen molar-refractivity contribution in [1.29, 1.82) is 0 Å². The minimum Gasteiger partial charge on any atom is -0.497 e. The summed E-state index contributed by atoms with van der Waals surface area (Å²) in [5.74, 6) is 1.17. The molecule has 0 N–H and O–H groups in total. The van der Waals surface area contributed by atoms with Crippen molar-refractivity contribution in [1.82, 2.24) is 0 Å². The number of hydrogen-bond donors (Lipinski definition) is 0. The van der Waals surface area contributed by atoms with Crippen molar-refractivity contribution in [3.8, 4) is 11.5 Å². The minimum atomic E-state index is -3.47. The summed E-state index contributed by atoms with van der Waals surface area (Å²) in [5, 5.41) is 0. The third-order valence-electron chi connectivity index (χ3n) is 2.08. The zero-order valence-corrected chi connectivity index (χ0v) is 11.3. The van der Waals surface area contributed by atoms with Gasteiger partial charge in [-0.25, -0.2) is 8.42 Å². The fraction of sp³-hybridized carbons (Fsp3) is 0.455. The first kappa shape index (κ1) is 14.1. The van der Waals surface area contributed by atoms with Crippen LogP contribution in [0.25, 0.3) is 0 Å². The lowest BCUT2D eigenvalue weighted by Gasteiger charge is -2.11. The normalized spacial score (nSPS) is 13.1. The highest BCUT2D eigenvalue weighted by Crippen LogP contribution is 2.18. The summed E-state index contributed by atoms with van der Waals surface area (Å²) in [6.45, 7) is 2.07. The smallest absolute Gasteiger partial charge is 0.232 e. The number of benzene rings is 1. The van der Waals surface area contributed by atoms with Gasteiger partial charge in [-0.3, -0.25) is 0 Å². The van der Waals surface area contributed by atoms with E-state index in [-0.39, 0.29) is 11.7 Å². The summed E-state index contributed by atoms with van der Waals surface area (Å²) >= 11 is 0. The molecule has 0 saturated heterocycles. The van der Waals surface area contributed by atoms with Gasteiger partial charge < -0.3 is 9.47 Å². The molecule has 0 saturated carbocycles. The van der Waals surface area contributed by atoms with Gasteiger partial charge in [0.2, 0.25) is 9.05 Å². The van der Waals surface area contributed by atoms with E-state index in [2.05, 4.69) is 0 Å². The standard InChI is InChI=1S/C11H15ClO4S/c1-9(8-17(12,13)14)7-16-11-5-3-10(15-2)4-6-11/h3-6,9H,7-8H2,1-2H3. The van der Waals surface area contributed by atoms with E-state index in [0.717, 1.165) is 5.75 Å². The fourth-order valence-corrected chi connectivity index (χ4v) is 2.72. The molecule has 0 aliphatic heterocycles. The SMILES string of the molecule is COc1ccc(OCC(C)CS(=O)(=O)Cl)cc1. The summed E-state index contributed by atoms with van der Waals surface area (Å²) in [4.78, 5) is 0. The summed E-state index contributed by atoms with van der Waals surface area (Å²) in [5.41, 5.74) is 0. The average Bonchev–Trinajstić information content (AvgIpc) is 2.25. The van der Waals surface area contributed by atoms with Crippen LogP contribution in [0.2, 0.25) is 0 Å². The Morgan fingerprint density at radius 1 is 1.24 bits per heavy atom. The number of hydrogen-bond acceptors (Lipinski definition) is 4. The molecule has 0 bridgehead atoms. The molecule has 0 heterocycles. The molecule has 1 atom stereocenters. The highest BCUT2D eigenvalue weighted by atomic mass is 35.7. The van der Waals surface area contributed by atoms with Gasteiger partial charge >= 0.3 is 0 Å². The molecule has 1 aromatic rings. The lowest BCUT2D eigenvalue weighted by molar-refractivity contribution is 0.272. The Balaban J connectivity index is 2.44. The molecule has 17 heavy (non-hydrogen) atoms. The van der Waals surface area contributed by atoms with Crippen molar-refractivity contribution in [3.63, 3.8) is 0 Å². The maximum Gasteiger partial charge on any atom is 0.232 e. The molecule has 1 rings (SSSR count). The van der Waals surface area contributed by atoms with Crippen molar-refractivity contribution >= 4 is 19.7 Å². The van der Waals surface area contributed by atoms with Crippen LogP contribution in [0.3, 0.4) is 0 Å². The lowest BCUT2D eigenvalue weighted by Crippen LogP contribution is -2.16. The van der Waals surface area contributed by atoms with Gasteiger partial charge in [0, 0.05) is 16.6 Å². The third-order valence-corrected chi connectivity index (χ3v) is 3.42.